The van der Waals surface area contributed by atoms with Gasteiger partial charge in [0.05, 0.1) is 0 Å². The average Bonchev–Trinajstić information content (AvgIpc) is 2.59. The molecule has 0 radical (unpaired) electrons. The Morgan fingerprint density at radius 2 is 1.54 bits per heavy atom. The van der Waals surface area contributed by atoms with E-state index in [1.807, 2.05) is 12.1 Å². The van der Waals surface area contributed by atoms with Crippen molar-refractivity contribution in [3.8, 4) is 0 Å². The van der Waals surface area contributed by atoms with Crippen molar-refractivity contribution < 1.29 is 0 Å². The van der Waals surface area contributed by atoms with Crippen molar-refractivity contribution in [3.05, 3.63) is 65.2 Å². The third kappa shape index (κ3) is 4.13. The monoisotopic (exact) mass is 339 g/mol. The van der Waals surface area contributed by atoms with Gasteiger partial charge in [-0.1, -0.05) is 42.5 Å². The number of thiocarbonyl (C=S) groups is 1. The van der Waals surface area contributed by atoms with Crippen molar-refractivity contribution in [2.45, 2.75) is 20.4 Å². The van der Waals surface area contributed by atoms with E-state index in [9.17, 15) is 0 Å². The molecule has 1 saturated heterocycles. The molecule has 2 aromatic carbocycles. The molecule has 1 aliphatic heterocycles. The summed E-state index contributed by atoms with van der Waals surface area (Å²) in [5.41, 5.74) is 5.12. The van der Waals surface area contributed by atoms with E-state index in [1.54, 1.807) is 0 Å². The standard InChI is InChI=1S/C20H25N3S/c1-16-7-3-5-9-18(16)15-22-11-13-23(14-12-22)20(24)21-19-10-6-4-8-17(19)2/h3-10H,11-15H2,1-2H3,(H,21,24). The Labute approximate surface area is 150 Å². The Morgan fingerprint density at radius 1 is 0.917 bits per heavy atom. The molecule has 0 saturated carbocycles. The normalized spacial score (nSPS) is 15.3. The van der Waals surface area contributed by atoms with Gasteiger partial charge < -0.3 is 10.2 Å². The number of anilines is 1. The van der Waals surface area contributed by atoms with Gasteiger partial charge in [0.25, 0.3) is 0 Å². The molecule has 0 spiro atoms. The second kappa shape index (κ2) is 7.77. The van der Waals surface area contributed by atoms with Crippen molar-refractivity contribution in [2.75, 3.05) is 31.5 Å². The second-order valence-corrected chi connectivity index (χ2v) is 6.82. The van der Waals surface area contributed by atoms with Crippen molar-refractivity contribution in [1.82, 2.24) is 9.80 Å². The number of nitrogens with zero attached hydrogens (tertiary/aromatic N) is 2. The quantitative estimate of drug-likeness (QED) is 0.857. The molecule has 126 valence electrons. The van der Waals surface area contributed by atoms with E-state index in [4.69, 9.17) is 12.2 Å². The third-order valence-corrected chi connectivity index (χ3v) is 5.06. The topological polar surface area (TPSA) is 18.5 Å². The first-order chi connectivity index (χ1) is 11.6. The molecule has 0 aliphatic carbocycles. The van der Waals surface area contributed by atoms with Crippen LogP contribution in [0.15, 0.2) is 48.5 Å². The lowest BCUT2D eigenvalue weighted by molar-refractivity contribution is 0.176. The van der Waals surface area contributed by atoms with Gasteiger partial charge in [0.1, 0.15) is 0 Å². The summed E-state index contributed by atoms with van der Waals surface area (Å²) >= 11 is 5.60. The van der Waals surface area contributed by atoms with E-state index >= 15 is 0 Å². The lowest BCUT2D eigenvalue weighted by atomic mass is 10.1. The van der Waals surface area contributed by atoms with Gasteiger partial charge in [-0.05, 0) is 48.8 Å². The molecular weight excluding hydrogens is 314 g/mol. The van der Waals surface area contributed by atoms with Crippen LogP contribution >= 0.6 is 12.2 Å². The Balaban J connectivity index is 1.52. The zero-order valence-corrected chi connectivity index (χ0v) is 15.3. The SMILES string of the molecule is Cc1ccccc1CN1CCN(C(=S)Nc2ccccc2C)CC1. The number of hydrogen-bond acceptors (Lipinski definition) is 2. The van der Waals surface area contributed by atoms with Crippen LogP contribution in [-0.2, 0) is 6.54 Å². The lowest BCUT2D eigenvalue weighted by Gasteiger charge is -2.36. The van der Waals surface area contributed by atoms with Gasteiger partial charge in [0, 0.05) is 38.4 Å². The summed E-state index contributed by atoms with van der Waals surface area (Å²) in [5, 5.41) is 4.23. The molecule has 0 bridgehead atoms. The summed E-state index contributed by atoms with van der Waals surface area (Å²) < 4.78 is 0. The maximum absolute atomic E-state index is 5.60. The van der Waals surface area contributed by atoms with Gasteiger partial charge in [0.15, 0.2) is 5.11 Å². The summed E-state index contributed by atoms with van der Waals surface area (Å²) in [4.78, 5) is 4.78. The molecule has 0 amide bonds. The molecule has 1 N–H and O–H groups in total. The summed E-state index contributed by atoms with van der Waals surface area (Å²) in [5.74, 6) is 0. The highest BCUT2D eigenvalue weighted by Gasteiger charge is 2.19. The predicted octanol–water partition coefficient (Wildman–Crippen LogP) is 3.82. The maximum Gasteiger partial charge on any atom is 0.173 e. The smallest absolute Gasteiger partial charge is 0.173 e. The molecule has 1 fully saturated rings. The number of piperazine rings is 1. The molecule has 0 atom stereocenters. The van der Waals surface area contributed by atoms with Gasteiger partial charge in [-0.2, -0.15) is 0 Å². The highest BCUT2D eigenvalue weighted by atomic mass is 32.1. The first-order valence-corrected chi connectivity index (χ1v) is 8.93. The number of rotatable bonds is 3. The van der Waals surface area contributed by atoms with E-state index in [2.05, 4.69) is 65.4 Å². The number of hydrogen-bond donors (Lipinski definition) is 1. The minimum atomic E-state index is 0.833. The second-order valence-electron chi connectivity index (χ2n) is 6.43. The van der Waals surface area contributed by atoms with E-state index in [0.29, 0.717) is 0 Å². The van der Waals surface area contributed by atoms with Crippen molar-refractivity contribution in [2.24, 2.45) is 0 Å². The molecule has 0 aromatic heterocycles. The molecule has 4 heteroatoms. The minimum absolute atomic E-state index is 0.833. The van der Waals surface area contributed by atoms with Crippen LogP contribution in [0.2, 0.25) is 0 Å². The molecule has 3 nitrogen and oxygen atoms in total. The fraction of sp³-hybridized carbons (Fsp3) is 0.350. The molecule has 1 aliphatic rings. The molecular formula is C20H25N3S. The average molecular weight is 340 g/mol. The van der Waals surface area contributed by atoms with Crippen LogP contribution in [0.25, 0.3) is 0 Å². The summed E-state index contributed by atoms with van der Waals surface area (Å²) in [6.45, 7) is 9.36. The van der Waals surface area contributed by atoms with Crippen LogP contribution < -0.4 is 5.32 Å². The Bertz CT molecular complexity index is 706. The van der Waals surface area contributed by atoms with Gasteiger partial charge in [-0.15, -0.1) is 0 Å². The summed E-state index contributed by atoms with van der Waals surface area (Å²) in [7, 11) is 0. The van der Waals surface area contributed by atoms with Gasteiger partial charge in [0.2, 0.25) is 0 Å². The molecule has 3 rings (SSSR count). The zero-order valence-electron chi connectivity index (χ0n) is 14.5. The number of nitrogens with one attached hydrogen (secondary N) is 1. The van der Waals surface area contributed by atoms with Gasteiger partial charge in [-0.25, -0.2) is 0 Å². The van der Waals surface area contributed by atoms with Crippen LogP contribution in [-0.4, -0.2) is 41.1 Å². The highest BCUT2D eigenvalue weighted by Crippen LogP contribution is 2.16. The predicted molar refractivity (Wildman–Crippen MR) is 105 cm³/mol. The van der Waals surface area contributed by atoms with Crippen LogP contribution in [0.4, 0.5) is 5.69 Å². The fourth-order valence-electron chi connectivity index (χ4n) is 3.04. The molecule has 2 aromatic rings. The fourth-order valence-corrected chi connectivity index (χ4v) is 3.34. The number of benzene rings is 2. The lowest BCUT2D eigenvalue weighted by Crippen LogP contribution is -2.49. The minimum Gasteiger partial charge on any atom is -0.346 e. The highest BCUT2D eigenvalue weighted by molar-refractivity contribution is 7.80. The van der Waals surface area contributed by atoms with Crippen molar-refractivity contribution >= 4 is 23.0 Å². The Hall–Kier alpha value is -1.91. The summed E-state index contributed by atoms with van der Waals surface area (Å²) in [6.07, 6.45) is 0. The van der Waals surface area contributed by atoms with Crippen LogP contribution in [0.1, 0.15) is 16.7 Å². The van der Waals surface area contributed by atoms with Crippen LogP contribution in [0, 0.1) is 13.8 Å². The number of aryl methyl sites for hydroxylation is 2. The van der Waals surface area contributed by atoms with Crippen LogP contribution in [0.5, 0.6) is 0 Å². The summed E-state index contributed by atoms with van der Waals surface area (Å²) in [6, 6.07) is 16.9. The van der Waals surface area contributed by atoms with E-state index < -0.39 is 0 Å². The first-order valence-electron chi connectivity index (χ1n) is 8.52. The van der Waals surface area contributed by atoms with Gasteiger partial charge >= 0.3 is 0 Å². The first kappa shape index (κ1) is 16.9. The molecule has 1 heterocycles. The molecule has 24 heavy (non-hydrogen) atoms. The Kier molecular flexibility index (Phi) is 5.48. The van der Waals surface area contributed by atoms with E-state index in [-0.39, 0.29) is 0 Å². The van der Waals surface area contributed by atoms with Crippen molar-refractivity contribution in [1.29, 1.82) is 0 Å². The van der Waals surface area contributed by atoms with Crippen molar-refractivity contribution in [3.63, 3.8) is 0 Å². The largest absolute Gasteiger partial charge is 0.346 e. The Morgan fingerprint density at radius 3 is 2.21 bits per heavy atom. The maximum atomic E-state index is 5.60. The van der Waals surface area contributed by atoms with E-state index in [1.165, 1.54) is 16.7 Å². The third-order valence-electron chi connectivity index (χ3n) is 4.70. The molecule has 0 unspecified atom stereocenters. The van der Waals surface area contributed by atoms with Crippen LogP contribution in [0.3, 0.4) is 0 Å². The number of para-hydroxylation sites is 1. The van der Waals surface area contributed by atoms with E-state index in [0.717, 1.165) is 43.5 Å². The zero-order chi connectivity index (χ0) is 16.9. The van der Waals surface area contributed by atoms with Gasteiger partial charge in [-0.3, -0.25) is 4.90 Å².